The van der Waals surface area contributed by atoms with E-state index in [0.29, 0.717) is 45.4 Å². The second-order valence-electron chi connectivity index (χ2n) is 6.78. The first-order valence-electron chi connectivity index (χ1n) is 8.95. The largest absolute Gasteiger partial charge is 0.493 e. The van der Waals surface area contributed by atoms with Gasteiger partial charge in [0.2, 0.25) is 5.91 Å². The number of hydrogen-bond donors (Lipinski definition) is 1. The Morgan fingerprint density at radius 3 is 2.54 bits per heavy atom. The van der Waals surface area contributed by atoms with E-state index in [4.69, 9.17) is 4.74 Å². The second kappa shape index (κ2) is 9.34. The third-order valence-electron chi connectivity index (χ3n) is 4.53. The summed E-state index contributed by atoms with van der Waals surface area (Å²) in [5, 5.41) is 0. The zero-order valence-electron chi connectivity index (χ0n) is 15.8. The summed E-state index contributed by atoms with van der Waals surface area (Å²) < 4.78 is 33.3. The van der Waals surface area contributed by atoms with Crippen LogP contribution in [0.1, 0.15) is 31.2 Å². The van der Waals surface area contributed by atoms with Gasteiger partial charge in [0.25, 0.3) is 10.2 Å². The van der Waals surface area contributed by atoms with Crippen molar-refractivity contribution in [1.29, 1.82) is 0 Å². The van der Waals surface area contributed by atoms with Crippen LogP contribution in [0.5, 0.6) is 5.75 Å². The number of nitrogens with zero attached hydrogens (tertiary/aromatic N) is 2. The van der Waals surface area contributed by atoms with Crippen LogP contribution in [0, 0.1) is 6.92 Å². The first-order chi connectivity index (χ1) is 12.3. The van der Waals surface area contributed by atoms with Gasteiger partial charge in [0.1, 0.15) is 5.75 Å². The first-order valence-corrected chi connectivity index (χ1v) is 10.4. The lowest BCUT2D eigenvalue weighted by Crippen LogP contribution is -2.49. The molecule has 1 aliphatic heterocycles. The van der Waals surface area contributed by atoms with Gasteiger partial charge in [-0.1, -0.05) is 18.2 Å². The molecule has 146 valence electrons. The number of piperidine rings is 1. The number of aryl methyl sites for hydroxylation is 1. The molecule has 0 radical (unpaired) electrons. The van der Waals surface area contributed by atoms with Crippen molar-refractivity contribution in [3.05, 3.63) is 29.8 Å². The standard InChI is InChI=1S/C18H29N3O4S/c1-15-7-4-5-8-17(15)25-14-6-9-18(22)21-12-10-16(11-13-21)19-26(23,24)20(2)3/h4-5,7-8,16,19H,6,9-14H2,1-3H3. The van der Waals surface area contributed by atoms with Crippen LogP contribution in [0.4, 0.5) is 0 Å². The SMILES string of the molecule is Cc1ccccc1OCCCC(=O)N1CCC(NS(=O)(=O)N(C)C)CC1. The van der Waals surface area contributed by atoms with Crippen molar-refractivity contribution >= 4 is 16.1 Å². The Morgan fingerprint density at radius 2 is 1.92 bits per heavy atom. The van der Waals surface area contributed by atoms with Crippen molar-refractivity contribution in [1.82, 2.24) is 13.9 Å². The monoisotopic (exact) mass is 383 g/mol. The average molecular weight is 384 g/mol. The van der Waals surface area contributed by atoms with E-state index in [9.17, 15) is 13.2 Å². The van der Waals surface area contributed by atoms with Crippen molar-refractivity contribution in [2.75, 3.05) is 33.8 Å². The van der Waals surface area contributed by atoms with Gasteiger partial charge in [-0.05, 0) is 37.8 Å². The highest BCUT2D eigenvalue weighted by Crippen LogP contribution is 2.17. The average Bonchev–Trinajstić information content (AvgIpc) is 2.60. The predicted molar refractivity (Wildman–Crippen MR) is 101 cm³/mol. The number of carbonyl (C=O) groups excluding carboxylic acids is 1. The van der Waals surface area contributed by atoms with E-state index >= 15 is 0 Å². The fraction of sp³-hybridized carbons (Fsp3) is 0.611. The van der Waals surface area contributed by atoms with E-state index in [2.05, 4.69) is 4.72 Å². The lowest BCUT2D eigenvalue weighted by molar-refractivity contribution is -0.132. The number of para-hydroxylation sites is 1. The number of likely N-dealkylation sites (tertiary alicyclic amines) is 1. The van der Waals surface area contributed by atoms with E-state index in [0.717, 1.165) is 11.3 Å². The highest BCUT2D eigenvalue weighted by Gasteiger charge is 2.26. The maximum Gasteiger partial charge on any atom is 0.279 e. The third kappa shape index (κ3) is 5.96. The summed E-state index contributed by atoms with van der Waals surface area (Å²) in [7, 11) is -0.420. The minimum Gasteiger partial charge on any atom is -0.493 e. The van der Waals surface area contributed by atoms with Gasteiger partial charge in [-0.2, -0.15) is 17.4 Å². The van der Waals surface area contributed by atoms with Crippen LogP contribution in [0.25, 0.3) is 0 Å². The number of carbonyl (C=O) groups is 1. The molecule has 0 unspecified atom stereocenters. The zero-order chi connectivity index (χ0) is 19.2. The fourth-order valence-electron chi connectivity index (χ4n) is 2.84. The van der Waals surface area contributed by atoms with Crippen LogP contribution in [0.2, 0.25) is 0 Å². The molecule has 1 N–H and O–H groups in total. The summed E-state index contributed by atoms with van der Waals surface area (Å²) in [6, 6.07) is 7.71. The molecule has 0 atom stereocenters. The summed E-state index contributed by atoms with van der Waals surface area (Å²) in [4.78, 5) is 14.1. The molecule has 1 saturated heterocycles. The molecule has 7 nitrogen and oxygen atoms in total. The summed E-state index contributed by atoms with van der Waals surface area (Å²) in [5.74, 6) is 0.959. The summed E-state index contributed by atoms with van der Waals surface area (Å²) in [5.41, 5.74) is 1.08. The van der Waals surface area contributed by atoms with Crippen LogP contribution in [0.3, 0.4) is 0 Å². The van der Waals surface area contributed by atoms with E-state index < -0.39 is 10.2 Å². The lowest BCUT2D eigenvalue weighted by atomic mass is 10.1. The van der Waals surface area contributed by atoms with Gasteiger partial charge in [-0.3, -0.25) is 4.79 Å². The van der Waals surface area contributed by atoms with E-state index in [1.54, 1.807) is 0 Å². The molecule has 1 aromatic carbocycles. The molecule has 8 heteroatoms. The minimum absolute atomic E-state index is 0.104. The van der Waals surface area contributed by atoms with E-state index in [1.807, 2.05) is 36.1 Å². The van der Waals surface area contributed by atoms with Gasteiger partial charge in [0, 0.05) is 39.6 Å². The molecule has 2 rings (SSSR count). The lowest BCUT2D eigenvalue weighted by Gasteiger charge is -2.32. The third-order valence-corrected chi connectivity index (χ3v) is 6.12. The highest BCUT2D eigenvalue weighted by molar-refractivity contribution is 7.87. The molecule has 1 amide bonds. The van der Waals surface area contributed by atoms with E-state index in [1.165, 1.54) is 18.4 Å². The summed E-state index contributed by atoms with van der Waals surface area (Å²) in [6.07, 6.45) is 2.39. The maximum atomic E-state index is 12.3. The molecular formula is C18H29N3O4S. The maximum absolute atomic E-state index is 12.3. The number of amides is 1. The molecule has 0 bridgehead atoms. The van der Waals surface area contributed by atoms with Crippen LogP contribution < -0.4 is 9.46 Å². The second-order valence-corrected chi connectivity index (χ2v) is 8.69. The van der Waals surface area contributed by atoms with Gasteiger partial charge >= 0.3 is 0 Å². The highest BCUT2D eigenvalue weighted by atomic mass is 32.2. The molecule has 0 aromatic heterocycles. The normalized spacial score (nSPS) is 16.1. The van der Waals surface area contributed by atoms with Gasteiger partial charge in [0.15, 0.2) is 0 Å². The molecule has 1 aromatic rings. The van der Waals surface area contributed by atoms with Crippen molar-refractivity contribution in [2.45, 2.75) is 38.6 Å². The molecule has 1 heterocycles. The van der Waals surface area contributed by atoms with Crippen molar-refractivity contribution in [3.8, 4) is 5.75 Å². The predicted octanol–water partition coefficient (Wildman–Crippen LogP) is 1.54. The molecule has 0 spiro atoms. The van der Waals surface area contributed by atoms with Crippen LogP contribution in [-0.4, -0.2) is 63.4 Å². The van der Waals surface area contributed by atoms with Crippen molar-refractivity contribution < 1.29 is 17.9 Å². The van der Waals surface area contributed by atoms with Crippen LogP contribution in [-0.2, 0) is 15.0 Å². The molecule has 1 aliphatic rings. The van der Waals surface area contributed by atoms with Gasteiger partial charge in [-0.25, -0.2) is 0 Å². The topological polar surface area (TPSA) is 79.0 Å². The Hall–Kier alpha value is -1.64. The summed E-state index contributed by atoms with van der Waals surface area (Å²) >= 11 is 0. The van der Waals surface area contributed by atoms with Crippen molar-refractivity contribution in [3.63, 3.8) is 0 Å². The number of ether oxygens (including phenoxy) is 1. The molecule has 26 heavy (non-hydrogen) atoms. The Morgan fingerprint density at radius 1 is 1.27 bits per heavy atom. The van der Waals surface area contributed by atoms with Gasteiger partial charge in [0.05, 0.1) is 6.61 Å². The number of nitrogens with one attached hydrogen (secondary N) is 1. The Bertz CT molecular complexity index is 698. The zero-order valence-corrected chi connectivity index (χ0v) is 16.6. The van der Waals surface area contributed by atoms with Crippen LogP contribution in [0.15, 0.2) is 24.3 Å². The fourth-order valence-corrected chi connectivity index (χ4v) is 3.71. The first kappa shape index (κ1) is 20.7. The summed E-state index contributed by atoms with van der Waals surface area (Å²) in [6.45, 7) is 3.67. The Labute approximate surface area is 156 Å². The van der Waals surface area contributed by atoms with Crippen LogP contribution >= 0.6 is 0 Å². The molecule has 1 fully saturated rings. The Balaban J connectivity index is 1.68. The van der Waals surface area contributed by atoms with E-state index in [-0.39, 0.29) is 11.9 Å². The molecule has 0 saturated carbocycles. The number of benzene rings is 1. The smallest absolute Gasteiger partial charge is 0.279 e. The number of hydrogen-bond acceptors (Lipinski definition) is 4. The molecular weight excluding hydrogens is 354 g/mol. The van der Waals surface area contributed by atoms with Gasteiger partial charge in [-0.15, -0.1) is 0 Å². The number of rotatable bonds is 8. The minimum atomic E-state index is -3.42. The Kier molecular flexibility index (Phi) is 7.43. The molecule has 0 aliphatic carbocycles. The van der Waals surface area contributed by atoms with Crippen molar-refractivity contribution in [2.24, 2.45) is 0 Å². The van der Waals surface area contributed by atoms with Gasteiger partial charge < -0.3 is 9.64 Å². The quantitative estimate of drug-likeness (QED) is 0.691.